The van der Waals surface area contributed by atoms with Crippen LogP contribution in [0.5, 0.6) is 0 Å². The highest BCUT2D eigenvalue weighted by Crippen LogP contribution is 2.36. The highest BCUT2D eigenvalue weighted by molar-refractivity contribution is 7.91. The third kappa shape index (κ3) is 5.49. The lowest BCUT2D eigenvalue weighted by Gasteiger charge is -2.21. The van der Waals surface area contributed by atoms with Crippen LogP contribution in [-0.4, -0.2) is 71.1 Å². The van der Waals surface area contributed by atoms with Gasteiger partial charge in [0.2, 0.25) is 5.95 Å². The first kappa shape index (κ1) is 24.4. The van der Waals surface area contributed by atoms with Crippen LogP contribution in [0.15, 0.2) is 18.6 Å². The minimum atomic E-state index is -3.10. The van der Waals surface area contributed by atoms with E-state index >= 15 is 0 Å². The number of fused-ring (bicyclic) bond motifs is 1. The number of nitrogens with zero attached hydrogens (tertiary/aromatic N) is 4. The second kappa shape index (κ2) is 10.1. The molecule has 2 saturated heterocycles. The molecule has 36 heavy (non-hydrogen) atoms. The van der Waals surface area contributed by atoms with E-state index in [0.717, 1.165) is 31.4 Å². The molecule has 2 saturated carbocycles. The second-order valence-corrected chi connectivity index (χ2v) is 13.2. The van der Waals surface area contributed by atoms with Gasteiger partial charge in [-0.3, -0.25) is 4.68 Å². The molecule has 12 heteroatoms. The molecule has 2 N–H and O–H groups in total. The molecule has 0 amide bonds. The van der Waals surface area contributed by atoms with Crippen LogP contribution in [0.3, 0.4) is 0 Å². The van der Waals surface area contributed by atoms with Crippen molar-refractivity contribution in [2.45, 2.75) is 69.2 Å². The molecule has 0 radical (unpaired) electrons. The number of aromatic nitrogens is 4. The number of hydrogen-bond donors (Lipinski definition) is 2. The van der Waals surface area contributed by atoms with Crippen molar-refractivity contribution >= 4 is 38.9 Å². The van der Waals surface area contributed by atoms with E-state index in [1.54, 1.807) is 12.4 Å². The van der Waals surface area contributed by atoms with Crippen molar-refractivity contribution in [3.05, 3.63) is 23.6 Å². The largest absolute Gasteiger partial charge is 0.373 e. The molecule has 4 atom stereocenters. The number of ether oxygens (including phenoxy) is 2. The van der Waals surface area contributed by atoms with Crippen LogP contribution < -0.4 is 10.6 Å². The Labute approximate surface area is 216 Å². The zero-order chi connectivity index (χ0) is 24.7. The maximum atomic E-state index is 12.5. The van der Waals surface area contributed by atoms with E-state index in [-0.39, 0.29) is 35.7 Å². The van der Waals surface area contributed by atoms with Gasteiger partial charge in [-0.25, -0.2) is 13.4 Å². The molecule has 10 nitrogen and oxygen atoms in total. The lowest BCUT2D eigenvalue weighted by Crippen LogP contribution is -2.36. The van der Waals surface area contributed by atoms with Gasteiger partial charge in [-0.15, -0.1) is 0 Å². The maximum Gasteiger partial charge on any atom is 0.229 e. The van der Waals surface area contributed by atoms with Crippen LogP contribution in [-0.2, 0) is 19.3 Å². The Morgan fingerprint density at radius 2 is 1.83 bits per heavy atom. The van der Waals surface area contributed by atoms with Gasteiger partial charge >= 0.3 is 0 Å². The van der Waals surface area contributed by atoms with Gasteiger partial charge in [0.1, 0.15) is 11.1 Å². The van der Waals surface area contributed by atoms with Gasteiger partial charge < -0.3 is 20.1 Å². The summed E-state index contributed by atoms with van der Waals surface area (Å²) in [5.74, 6) is 1.50. The monoisotopic (exact) mass is 536 g/mol. The SMILES string of the molecule is O=S(=O)(CC1CC1)CC1COC2C(Nc3nc(Nc4cnn(C5CCCCC5)c4)ncc3Cl)COC12. The number of sulfone groups is 1. The molecular weight excluding hydrogens is 504 g/mol. The van der Waals surface area contributed by atoms with Crippen LogP contribution in [0, 0.1) is 11.8 Å². The molecule has 6 rings (SSSR count). The Morgan fingerprint density at radius 3 is 2.64 bits per heavy atom. The van der Waals surface area contributed by atoms with Gasteiger partial charge in [0.25, 0.3) is 0 Å². The van der Waals surface area contributed by atoms with Crippen LogP contribution in [0.2, 0.25) is 5.02 Å². The summed E-state index contributed by atoms with van der Waals surface area (Å²) in [6, 6.07) is 0.271. The van der Waals surface area contributed by atoms with Crippen LogP contribution in [0.1, 0.15) is 51.0 Å². The quantitative estimate of drug-likeness (QED) is 0.495. The Morgan fingerprint density at radius 1 is 1.03 bits per heavy atom. The van der Waals surface area contributed by atoms with E-state index in [1.165, 1.54) is 19.3 Å². The summed E-state index contributed by atoms with van der Waals surface area (Å²) in [5, 5.41) is 11.5. The number of hydrogen-bond acceptors (Lipinski definition) is 9. The van der Waals surface area contributed by atoms with Crippen molar-refractivity contribution in [1.82, 2.24) is 19.7 Å². The number of halogens is 1. The standard InChI is InChI=1S/C24H33ClN6O4S/c25-19-9-26-24(28-17-8-27-31(10-17)18-4-2-1-3-5-18)30-23(19)29-20-12-35-21-16(11-34-22(20)21)14-36(32,33)13-15-6-7-15/h8-10,15-16,18,20-22H,1-7,11-14H2,(H2,26,28,29,30). The fraction of sp³-hybridized carbons (Fsp3) is 0.708. The minimum absolute atomic E-state index is 0.119. The van der Waals surface area contributed by atoms with Crippen molar-refractivity contribution in [2.24, 2.45) is 11.8 Å². The summed E-state index contributed by atoms with van der Waals surface area (Å²) in [6.45, 7) is 0.776. The molecule has 2 aromatic rings. The summed E-state index contributed by atoms with van der Waals surface area (Å²) < 4.78 is 39.1. The van der Waals surface area contributed by atoms with E-state index in [9.17, 15) is 8.42 Å². The molecule has 0 bridgehead atoms. The lowest BCUT2D eigenvalue weighted by molar-refractivity contribution is 0.0656. The average molecular weight is 537 g/mol. The van der Waals surface area contributed by atoms with E-state index in [0.29, 0.717) is 42.0 Å². The van der Waals surface area contributed by atoms with Crippen LogP contribution >= 0.6 is 11.6 Å². The van der Waals surface area contributed by atoms with Crippen LogP contribution in [0.4, 0.5) is 17.5 Å². The summed E-state index contributed by atoms with van der Waals surface area (Å²) in [7, 11) is -3.10. The maximum absolute atomic E-state index is 12.5. The van der Waals surface area contributed by atoms with Gasteiger partial charge in [0, 0.05) is 12.1 Å². The van der Waals surface area contributed by atoms with E-state index in [1.807, 2.05) is 10.9 Å². The third-order valence-electron chi connectivity index (χ3n) is 7.68. The predicted octanol–water partition coefficient (Wildman–Crippen LogP) is 3.59. The number of nitrogens with one attached hydrogen (secondary N) is 2. The van der Waals surface area contributed by atoms with Crippen LogP contribution in [0.25, 0.3) is 0 Å². The van der Waals surface area contributed by atoms with Crippen molar-refractivity contribution in [2.75, 3.05) is 35.4 Å². The van der Waals surface area contributed by atoms with E-state index < -0.39 is 9.84 Å². The molecular formula is C24H33ClN6O4S. The van der Waals surface area contributed by atoms with Gasteiger partial charge in [0.05, 0.1) is 61.0 Å². The first-order valence-corrected chi connectivity index (χ1v) is 15.2. The zero-order valence-corrected chi connectivity index (χ0v) is 21.8. The van der Waals surface area contributed by atoms with Gasteiger partial charge in [-0.2, -0.15) is 10.1 Å². The highest BCUT2D eigenvalue weighted by atomic mass is 35.5. The zero-order valence-electron chi connectivity index (χ0n) is 20.2. The molecule has 0 spiro atoms. The van der Waals surface area contributed by atoms with E-state index in [2.05, 4.69) is 25.7 Å². The third-order valence-corrected chi connectivity index (χ3v) is 9.88. The molecule has 4 fully saturated rings. The summed E-state index contributed by atoms with van der Waals surface area (Å²) in [5.41, 5.74) is 0.826. The highest BCUT2D eigenvalue weighted by Gasteiger charge is 2.49. The fourth-order valence-corrected chi connectivity index (χ4v) is 7.94. The van der Waals surface area contributed by atoms with E-state index in [4.69, 9.17) is 21.1 Å². The molecule has 2 aliphatic carbocycles. The topological polar surface area (TPSA) is 120 Å². The Balaban J connectivity index is 1.08. The predicted molar refractivity (Wildman–Crippen MR) is 136 cm³/mol. The normalized spacial score (nSPS) is 28.8. The molecule has 2 aromatic heterocycles. The molecule has 2 aliphatic heterocycles. The van der Waals surface area contributed by atoms with Gasteiger partial charge in [0.15, 0.2) is 15.7 Å². The molecule has 4 heterocycles. The minimum Gasteiger partial charge on any atom is -0.373 e. The smallest absolute Gasteiger partial charge is 0.229 e. The Hall–Kier alpha value is -1.95. The van der Waals surface area contributed by atoms with Gasteiger partial charge in [-0.05, 0) is 31.6 Å². The first-order chi connectivity index (χ1) is 17.4. The fourth-order valence-electron chi connectivity index (χ4n) is 5.66. The average Bonchev–Trinajstić information content (AvgIpc) is 3.23. The summed E-state index contributed by atoms with van der Waals surface area (Å²) in [6.07, 6.45) is 13.0. The number of anilines is 3. The summed E-state index contributed by atoms with van der Waals surface area (Å²) >= 11 is 6.40. The van der Waals surface area contributed by atoms with Crippen molar-refractivity contribution in [1.29, 1.82) is 0 Å². The van der Waals surface area contributed by atoms with Crippen molar-refractivity contribution < 1.29 is 17.9 Å². The Bertz CT molecular complexity index is 1180. The number of rotatable bonds is 9. The molecule has 0 aromatic carbocycles. The van der Waals surface area contributed by atoms with Crippen molar-refractivity contribution in [3.8, 4) is 0 Å². The lowest BCUT2D eigenvalue weighted by atomic mass is 9.96. The van der Waals surface area contributed by atoms with Gasteiger partial charge in [-0.1, -0.05) is 30.9 Å². The van der Waals surface area contributed by atoms with Crippen molar-refractivity contribution in [3.63, 3.8) is 0 Å². The first-order valence-electron chi connectivity index (χ1n) is 13.0. The summed E-state index contributed by atoms with van der Waals surface area (Å²) in [4.78, 5) is 8.89. The second-order valence-electron chi connectivity index (χ2n) is 10.6. The molecule has 4 unspecified atom stereocenters. The molecule has 196 valence electrons. The Kier molecular flexibility index (Phi) is 6.83. The molecule has 4 aliphatic rings.